The van der Waals surface area contributed by atoms with Gasteiger partial charge in [0, 0.05) is 30.9 Å². The first-order valence-electron chi connectivity index (χ1n) is 8.48. The third kappa shape index (κ3) is 3.58. The Labute approximate surface area is 141 Å². The van der Waals surface area contributed by atoms with Gasteiger partial charge in [0.1, 0.15) is 0 Å². The lowest BCUT2D eigenvalue weighted by Crippen LogP contribution is -2.47. The zero-order chi connectivity index (χ0) is 14.8. The SMILES string of the molecule is CCN1CCC(N(C)Cc2cccc3c2NCC3)CC1C.Cl. The van der Waals surface area contributed by atoms with E-state index in [0.717, 1.165) is 25.2 Å². The highest BCUT2D eigenvalue weighted by atomic mass is 35.5. The molecule has 0 bridgehead atoms. The second-order valence-corrected chi connectivity index (χ2v) is 6.70. The maximum atomic E-state index is 3.57. The van der Waals surface area contributed by atoms with Crippen molar-refractivity contribution in [2.45, 2.75) is 51.7 Å². The summed E-state index contributed by atoms with van der Waals surface area (Å²) in [6.07, 6.45) is 3.78. The number of para-hydroxylation sites is 1. The molecule has 0 radical (unpaired) electrons. The van der Waals surface area contributed by atoms with Gasteiger partial charge in [0.2, 0.25) is 0 Å². The van der Waals surface area contributed by atoms with Crippen LogP contribution in [-0.4, -0.2) is 48.6 Å². The molecule has 124 valence electrons. The van der Waals surface area contributed by atoms with Crippen molar-refractivity contribution >= 4 is 18.1 Å². The zero-order valence-corrected chi connectivity index (χ0v) is 15.0. The van der Waals surface area contributed by atoms with E-state index in [-0.39, 0.29) is 12.4 Å². The van der Waals surface area contributed by atoms with Crippen LogP contribution in [0.5, 0.6) is 0 Å². The second kappa shape index (κ2) is 7.67. The Kier molecular flexibility index (Phi) is 6.13. The van der Waals surface area contributed by atoms with Crippen LogP contribution in [0, 0.1) is 0 Å². The number of nitrogens with zero attached hydrogens (tertiary/aromatic N) is 2. The summed E-state index contributed by atoms with van der Waals surface area (Å²) in [4.78, 5) is 5.17. The second-order valence-electron chi connectivity index (χ2n) is 6.70. The van der Waals surface area contributed by atoms with E-state index in [1.165, 1.54) is 49.2 Å². The first-order chi connectivity index (χ1) is 10.2. The van der Waals surface area contributed by atoms with E-state index < -0.39 is 0 Å². The summed E-state index contributed by atoms with van der Waals surface area (Å²) in [7, 11) is 2.30. The minimum atomic E-state index is 0. The molecule has 2 unspecified atom stereocenters. The Morgan fingerprint density at radius 2 is 2.18 bits per heavy atom. The molecule has 4 heteroatoms. The van der Waals surface area contributed by atoms with Gasteiger partial charge in [-0.25, -0.2) is 0 Å². The fourth-order valence-corrected chi connectivity index (χ4v) is 4.01. The Balaban J connectivity index is 0.00000176. The number of hydrogen-bond acceptors (Lipinski definition) is 3. The Morgan fingerprint density at radius 1 is 1.36 bits per heavy atom. The molecule has 2 aliphatic heterocycles. The fourth-order valence-electron chi connectivity index (χ4n) is 4.01. The normalized spacial score (nSPS) is 24.7. The predicted octanol–water partition coefficient (Wildman–Crippen LogP) is 3.38. The minimum absolute atomic E-state index is 0. The molecular weight excluding hydrogens is 294 g/mol. The highest BCUT2D eigenvalue weighted by Crippen LogP contribution is 2.29. The molecule has 0 aromatic heterocycles. The summed E-state index contributed by atoms with van der Waals surface area (Å²) in [5.41, 5.74) is 4.37. The maximum absolute atomic E-state index is 3.57. The van der Waals surface area contributed by atoms with Crippen molar-refractivity contribution in [2.75, 3.05) is 32.0 Å². The minimum Gasteiger partial charge on any atom is -0.384 e. The number of benzene rings is 1. The molecular formula is C18H30ClN3. The molecule has 1 saturated heterocycles. The van der Waals surface area contributed by atoms with Crippen LogP contribution in [0.2, 0.25) is 0 Å². The molecule has 0 aliphatic carbocycles. The number of hydrogen-bond donors (Lipinski definition) is 1. The maximum Gasteiger partial charge on any atom is 0.0419 e. The van der Waals surface area contributed by atoms with Crippen molar-refractivity contribution in [1.82, 2.24) is 9.80 Å². The summed E-state index contributed by atoms with van der Waals surface area (Å²) < 4.78 is 0. The van der Waals surface area contributed by atoms with Crippen LogP contribution in [0.3, 0.4) is 0 Å². The molecule has 2 heterocycles. The molecule has 1 aromatic rings. The Morgan fingerprint density at radius 3 is 2.91 bits per heavy atom. The van der Waals surface area contributed by atoms with Crippen molar-refractivity contribution in [3.63, 3.8) is 0 Å². The van der Waals surface area contributed by atoms with Gasteiger partial charge < -0.3 is 10.2 Å². The molecule has 0 spiro atoms. The van der Waals surface area contributed by atoms with Gasteiger partial charge >= 0.3 is 0 Å². The number of piperidine rings is 1. The van der Waals surface area contributed by atoms with Crippen molar-refractivity contribution in [3.05, 3.63) is 29.3 Å². The molecule has 3 rings (SSSR count). The van der Waals surface area contributed by atoms with Gasteiger partial charge in [-0.05, 0) is 57.5 Å². The topological polar surface area (TPSA) is 18.5 Å². The summed E-state index contributed by atoms with van der Waals surface area (Å²) in [6.45, 7) is 9.26. The lowest BCUT2D eigenvalue weighted by molar-refractivity contribution is 0.0864. The van der Waals surface area contributed by atoms with Gasteiger partial charge in [-0.3, -0.25) is 4.90 Å². The van der Waals surface area contributed by atoms with E-state index in [1.54, 1.807) is 0 Å². The van der Waals surface area contributed by atoms with Crippen LogP contribution >= 0.6 is 12.4 Å². The molecule has 22 heavy (non-hydrogen) atoms. The lowest BCUT2D eigenvalue weighted by Gasteiger charge is -2.40. The van der Waals surface area contributed by atoms with E-state index >= 15 is 0 Å². The van der Waals surface area contributed by atoms with Crippen molar-refractivity contribution in [2.24, 2.45) is 0 Å². The number of fused-ring (bicyclic) bond motifs is 1. The molecule has 0 amide bonds. The molecule has 1 fully saturated rings. The van der Waals surface area contributed by atoms with E-state index in [2.05, 4.69) is 54.2 Å². The number of nitrogens with one attached hydrogen (secondary N) is 1. The molecule has 1 N–H and O–H groups in total. The van der Waals surface area contributed by atoms with Gasteiger partial charge in [0.25, 0.3) is 0 Å². The lowest BCUT2D eigenvalue weighted by atomic mass is 9.96. The first-order valence-corrected chi connectivity index (χ1v) is 8.48. The number of likely N-dealkylation sites (tertiary alicyclic amines) is 1. The van der Waals surface area contributed by atoms with E-state index in [1.807, 2.05) is 0 Å². The summed E-state index contributed by atoms with van der Waals surface area (Å²) in [6, 6.07) is 8.21. The average molecular weight is 324 g/mol. The molecule has 2 aliphatic rings. The molecule has 2 atom stereocenters. The van der Waals surface area contributed by atoms with Crippen LogP contribution in [0.1, 0.15) is 37.8 Å². The number of halogens is 1. The average Bonchev–Trinajstić information content (AvgIpc) is 2.96. The summed E-state index contributed by atoms with van der Waals surface area (Å²) in [5, 5.41) is 3.57. The van der Waals surface area contributed by atoms with Gasteiger partial charge in [-0.2, -0.15) is 0 Å². The van der Waals surface area contributed by atoms with Gasteiger partial charge in [-0.15, -0.1) is 12.4 Å². The predicted molar refractivity (Wildman–Crippen MR) is 97.1 cm³/mol. The van der Waals surface area contributed by atoms with Crippen LogP contribution in [0.4, 0.5) is 5.69 Å². The molecule has 0 saturated carbocycles. The number of anilines is 1. The third-order valence-electron chi connectivity index (χ3n) is 5.37. The highest BCUT2D eigenvalue weighted by Gasteiger charge is 2.27. The van der Waals surface area contributed by atoms with Gasteiger partial charge in [0.05, 0.1) is 0 Å². The van der Waals surface area contributed by atoms with Crippen LogP contribution in [0.15, 0.2) is 18.2 Å². The zero-order valence-electron chi connectivity index (χ0n) is 14.1. The third-order valence-corrected chi connectivity index (χ3v) is 5.37. The van der Waals surface area contributed by atoms with Gasteiger partial charge in [-0.1, -0.05) is 25.1 Å². The molecule has 1 aromatic carbocycles. The first kappa shape index (κ1) is 17.6. The van der Waals surface area contributed by atoms with Crippen LogP contribution in [-0.2, 0) is 13.0 Å². The Hall–Kier alpha value is -0.770. The monoisotopic (exact) mass is 323 g/mol. The smallest absolute Gasteiger partial charge is 0.0419 e. The summed E-state index contributed by atoms with van der Waals surface area (Å²) in [5.74, 6) is 0. The van der Waals surface area contributed by atoms with Crippen LogP contribution < -0.4 is 5.32 Å². The van der Waals surface area contributed by atoms with E-state index in [4.69, 9.17) is 0 Å². The fraction of sp³-hybridized carbons (Fsp3) is 0.667. The summed E-state index contributed by atoms with van der Waals surface area (Å²) >= 11 is 0. The van der Waals surface area contributed by atoms with Gasteiger partial charge in [0.15, 0.2) is 0 Å². The van der Waals surface area contributed by atoms with E-state index in [0.29, 0.717) is 0 Å². The van der Waals surface area contributed by atoms with Crippen LogP contribution in [0.25, 0.3) is 0 Å². The highest BCUT2D eigenvalue weighted by molar-refractivity contribution is 5.85. The largest absolute Gasteiger partial charge is 0.384 e. The van der Waals surface area contributed by atoms with Crippen molar-refractivity contribution in [1.29, 1.82) is 0 Å². The number of rotatable bonds is 4. The Bertz CT molecular complexity index is 491. The van der Waals surface area contributed by atoms with E-state index in [9.17, 15) is 0 Å². The molecule has 3 nitrogen and oxygen atoms in total. The van der Waals surface area contributed by atoms with Crippen molar-refractivity contribution < 1.29 is 0 Å². The van der Waals surface area contributed by atoms with Crippen molar-refractivity contribution in [3.8, 4) is 0 Å². The quantitative estimate of drug-likeness (QED) is 0.916. The standard InChI is InChI=1S/C18H29N3.ClH/c1-4-21-11-9-17(12-14(21)2)20(3)13-16-7-5-6-15-8-10-19-18(15)16;/h5-7,14,17,19H,4,8-13H2,1-3H3;1H.